The Morgan fingerprint density at radius 1 is 0.917 bits per heavy atom. The minimum Gasteiger partial charge on any atom is -0.489 e. The SMILES string of the molecule is O=C(Nc1cccc(I)c1)c1ccc(OCc2ccccc2)cc1. The number of carbonyl (C=O) groups excluding carboxylic acids is 1. The fourth-order valence-electron chi connectivity index (χ4n) is 2.21. The average Bonchev–Trinajstić information content (AvgIpc) is 2.61. The Balaban J connectivity index is 1.60. The van der Waals surface area contributed by atoms with Crippen LogP contribution in [0.15, 0.2) is 78.9 Å². The van der Waals surface area contributed by atoms with Crippen LogP contribution in [0.5, 0.6) is 5.75 Å². The van der Waals surface area contributed by atoms with Crippen molar-refractivity contribution in [1.82, 2.24) is 0 Å². The highest BCUT2D eigenvalue weighted by molar-refractivity contribution is 14.1. The largest absolute Gasteiger partial charge is 0.489 e. The predicted octanol–water partition coefficient (Wildman–Crippen LogP) is 5.12. The maximum Gasteiger partial charge on any atom is 0.255 e. The molecular weight excluding hydrogens is 413 g/mol. The molecule has 0 radical (unpaired) electrons. The molecule has 1 amide bonds. The maximum atomic E-state index is 12.3. The molecule has 3 nitrogen and oxygen atoms in total. The summed E-state index contributed by atoms with van der Waals surface area (Å²) in [7, 11) is 0. The van der Waals surface area contributed by atoms with E-state index in [9.17, 15) is 4.79 Å². The zero-order valence-electron chi connectivity index (χ0n) is 12.9. The van der Waals surface area contributed by atoms with Crippen LogP contribution in [0.1, 0.15) is 15.9 Å². The Labute approximate surface area is 154 Å². The van der Waals surface area contributed by atoms with Crippen LogP contribution in [-0.2, 0) is 6.61 Å². The van der Waals surface area contributed by atoms with Gasteiger partial charge in [-0.25, -0.2) is 0 Å². The van der Waals surface area contributed by atoms with Gasteiger partial charge in [0.2, 0.25) is 0 Å². The molecule has 24 heavy (non-hydrogen) atoms. The van der Waals surface area contributed by atoms with Gasteiger partial charge in [-0.15, -0.1) is 0 Å². The molecule has 0 bridgehead atoms. The third-order valence-electron chi connectivity index (χ3n) is 3.45. The second kappa shape index (κ2) is 7.97. The first kappa shape index (κ1) is 16.5. The molecular formula is C20H16INO2. The van der Waals surface area contributed by atoms with Gasteiger partial charge in [-0.1, -0.05) is 36.4 Å². The lowest BCUT2D eigenvalue weighted by atomic mass is 10.2. The van der Waals surface area contributed by atoms with Crippen molar-refractivity contribution in [1.29, 1.82) is 0 Å². The topological polar surface area (TPSA) is 38.3 Å². The van der Waals surface area contributed by atoms with Crippen molar-refractivity contribution in [2.24, 2.45) is 0 Å². The minimum atomic E-state index is -0.133. The standard InChI is InChI=1S/C20H16INO2/c21-17-7-4-8-18(13-17)22-20(23)16-9-11-19(12-10-16)24-14-15-5-2-1-3-6-15/h1-13H,14H2,(H,22,23). The fraction of sp³-hybridized carbons (Fsp3) is 0.0500. The summed E-state index contributed by atoms with van der Waals surface area (Å²) in [5, 5.41) is 2.89. The number of carbonyl (C=O) groups is 1. The van der Waals surface area contributed by atoms with E-state index in [1.807, 2.05) is 66.7 Å². The molecule has 0 aliphatic heterocycles. The van der Waals surface area contributed by atoms with E-state index in [0.29, 0.717) is 12.2 Å². The van der Waals surface area contributed by atoms with E-state index in [4.69, 9.17) is 4.74 Å². The highest BCUT2D eigenvalue weighted by Crippen LogP contribution is 2.17. The van der Waals surface area contributed by atoms with E-state index < -0.39 is 0 Å². The molecule has 4 heteroatoms. The summed E-state index contributed by atoms with van der Waals surface area (Å²) in [5.74, 6) is 0.608. The molecule has 3 aromatic rings. The molecule has 3 rings (SSSR count). The van der Waals surface area contributed by atoms with Crippen LogP contribution < -0.4 is 10.1 Å². The fourth-order valence-corrected chi connectivity index (χ4v) is 2.76. The van der Waals surface area contributed by atoms with Crippen molar-refractivity contribution in [3.63, 3.8) is 0 Å². The Morgan fingerprint density at radius 2 is 1.67 bits per heavy atom. The number of halogens is 1. The smallest absolute Gasteiger partial charge is 0.255 e. The van der Waals surface area contributed by atoms with E-state index in [1.54, 1.807) is 12.1 Å². The van der Waals surface area contributed by atoms with Gasteiger partial charge in [0.1, 0.15) is 12.4 Å². The van der Waals surface area contributed by atoms with E-state index in [-0.39, 0.29) is 5.91 Å². The number of nitrogens with one attached hydrogen (secondary N) is 1. The van der Waals surface area contributed by atoms with Crippen molar-refractivity contribution in [3.8, 4) is 5.75 Å². The van der Waals surface area contributed by atoms with Crippen molar-refractivity contribution in [3.05, 3.63) is 93.6 Å². The monoisotopic (exact) mass is 429 g/mol. The van der Waals surface area contributed by atoms with E-state index in [2.05, 4.69) is 27.9 Å². The highest BCUT2D eigenvalue weighted by Gasteiger charge is 2.06. The van der Waals surface area contributed by atoms with Crippen LogP contribution in [0, 0.1) is 3.57 Å². The Hall–Kier alpha value is -2.34. The first-order valence-corrected chi connectivity index (χ1v) is 8.62. The van der Waals surface area contributed by atoms with Crippen molar-refractivity contribution >= 4 is 34.2 Å². The minimum absolute atomic E-state index is 0.133. The van der Waals surface area contributed by atoms with Gasteiger partial charge in [-0.05, 0) is 70.6 Å². The first-order valence-electron chi connectivity index (χ1n) is 7.54. The third-order valence-corrected chi connectivity index (χ3v) is 4.12. The number of hydrogen-bond acceptors (Lipinski definition) is 2. The number of ether oxygens (including phenoxy) is 1. The van der Waals surface area contributed by atoms with Crippen LogP contribution >= 0.6 is 22.6 Å². The summed E-state index contributed by atoms with van der Waals surface area (Å²) in [6, 6.07) is 24.8. The van der Waals surface area contributed by atoms with Crippen molar-refractivity contribution < 1.29 is 9.53 Å². The zero-order valence-corrected chi connectivity index (χ0v) is 15.1. The van der Waals surface area contributed by atoms with Gasteiger partial charge in [-0.2, -0.15) is 0 Å². The van der Waals surface area contributed by atoms with Crippen LogP contribution in [0.4, 0.5) is 5.69 Å². The van der Waals surface area contributed by atoms with E-state index >= 15 is 0 Å². The van der Waals surface area contributed by atoms with Crippen LogP contribution in [0.25, 0.3) is 0 Å². The second-order valence-electron chi connectivity index (χ2n) is 5.26. The lowest BCUT2D eigenvalue weighted by Crippen LogP contribution is -2.11. The van der Waals surface area contributed by atoms with Crippen molar-refractivity contribution in [2.45, 2.75) is 6.61 Å². The molecule has 0 fully saturated rings. The molecule has 0 unspecified atom stereocenters. The van der Waals surface area contributed by atoms with Gasteiger partial charge >= 0.3 is 0 Å². The average molecular weight is 429 g/mol. The summed E-state index contributed by atoms with van der Waals surface area (Å²) in [6.45, 7) is 0.509. The normalized spacial score (nSPS) is 10.2. The second-order valence-corrected chi connectivity index (χ2v) is 6.51. The Bertz CT molecular complexity index is 817. The van der Waals surface area contributed by atoms with Crippen molar-refractivity contribution in [2.75, 3.05) is 5.32 Å². The zero-order chi connectivity index (χ0) is 16.8. The number of hydrogen-bond donors (Lipinski definition) is 1. The predicted molar refractivity (Wildman–Crippen MR) is 104 cm³/mol. The van der Waals surface area contributed by atoms with E-state index in [1.165, 1.54) is 0 Å². The van der Waals surface area contributed by atoms with Gasteiger partial charge in [-0.3, -0.25) is 4.79 Å². The highest BCUT2D eigenvalue weighted by atomic mass is 127. The van der Waals surface area contributed by atoms with Crippen LogP contribution in [-0.4, -0.2) is 5.91 Å². The lowest BCUT2D eigenvalue weighted by Gasteiger charge is -2.08. The van der Waals surface area contributed by atoms with Gasteiger partial charge in [0, 0.05) is 14.8 Å². The number of benzene rings is 3. The molecule has 3 aromatic carbocycles. The first-order chi connectivity index (χ1) is 11.7. The molecule has 0 saturated heterocycles. The summed E-state index contributed by atoms with van der Waals surface area (Å²) < 4.78 is 6.81. The molecule has 0 spiro atoms. The third kappa shape index (κ3) is 4.58. The molecule has 1 N–H and O–H groups in total. The summed E-state index contributed by atoms with van der Waals surface area (Å²) in [5.41, 5.74) is 2.50. The molecule has 120 valence electrons. The van der Waals surface area contributed by atoms with E-state index in [0.717, 1.165) is 20.6 Å². The van der Waals surface area contributed by atoms with Gasteiger partial charge in [0.05, 0.1) is 0 Å². The summed E-state index contributed by atoms with van der Waals surface area (Å²) >= 11 is 2.22. The molecule has 0 saturated carbocycles. The number of amides is 1. The van der Waals surface area contributed by atoms with Crippen LogP contribution in [0.2, 0.25) is 0 Å². The summed E-state index contributed by atoms with van der Waals surface area (Å²) in [6.07, 6.45) is 0. The quantitative estimate of drug-likeness (QED) is 0.572. The Morgan fingerprint density at radius 3 is 2.38 bits per heavy atom. The van der Waals surface area contributed by atoms with Gasteiger partial charge in [0.15, 0.2) is 0 Å². The molecule has 0 atom stereocenters. The van der Waals surface area contributed by atoms with Crippen LogP contribution in [0.3, 0.4) is 0 Å². The number of anilines is 1. The molecule has 0 aromatic heterocycles. The van der Waals surface area contributed by atoms with Gasteiger partial charge < -0.3 is 10.1 Å². The maximum absolute atomic E-state index is 12.3. The van der Waals surface area contributed by atoms with Gasteiger partial charge in [0.25, 0.3) is 5.91 Å². The molecule has 0 aliphatic carbocycles. The molecule has 0 aliphatic rings. The summed E-state index contributed by atoms with van der Waals surface area (Å²) in [4.78, 5) is 12.3. The number of rotatable bonds is 5. The molecule has 0 heterocycles. The Kier molecular flexibility index (Phi) is 5.48. The lowest BCUT2D eigenvalue weighted by molar-refractivity contribution is 0.102.